The molecule has 2 aromatic rings. The molecule has 0 radical (unpaired) electrons. The van der Waals surface area contributed by atoms with Crippen molar-refractivity contribution >= 4 is 27.2 Å². The molecule has 0 atom stereocenters. The molecule has 0 bridgehead atoms. The van der Waals surface area contributed by atoms with Crippen LogP contribution in [0.15, 0.2) is 29.2 Å². The summed E-state index contributed by atoms with van der Waals surface area (Å²) in [5.74, 6) is 0.452. The maximum Gasteiger partial charge on any atom is 0.294 e. The molecule has 10 nitrogen and oxygen atoms in total. The normalized spacial score (nSPS) is 16.4. The molecule has 146 valence electrons. The van der Waals surface area contributed by atoms with Crippen LogP contribution in [0.25, 0.3) is 0 Å². The fourth-order valence-corrected chi connectivity index (χ4v) is 4.31. The largest absolute Gasteiger partial charge is 0.333 e. The Bertz CT molecular complexity index is 944. The second kappa shape index (κ2) is 7.25. The molecule has 0 saturated carbocycles. The van der Waals surface area contributed by atoms with Gasteiger partial charge in [0.2, 0.25) is 10.0 Å². The number of anilines is 2. The quantitative estimate of drug-likeness (QED) is 0.601. The van der Waals surface area contributed by atoms with E-state index < -0.39 is 14.9 Å². The highest BCUT2D eigenvalue weighted by Gasteiger charge is 2.29. The number of nitro groups is 1. The molecule has 3 rings (SSSR count). The van der Waals surface area contributed by atoms with E-state index in [2.05, 4.69) is 10.4 Å². The van der Waals surface area contributed by atoms with Gasteiger partial charge in [-0.25, -0.2) is 8.42 Å². The first-order valence-electron chi connectivity index (χ1n) is 8.43. The second-order valence-corrected chi connectivity index (χ2v) is 8.50. The Morgan fingerprint density at radius 2 is 1.81 bits per heavy atom. The summed E-state index contributed by atoms with van der Waals surface area (Å²) in [6, 6.07) is 5.65. The smallest absolute Gasteiger partial charge is 0.294 e. The van der Waals surface area contributed by atoms with Crippen molar-refractivity contribution in [3.8, 4) is 0 Å². The number of aromatic nitrogens is 2. The van der Waals surface area contributed by atoms with Crippen molar-refractivity contribution in [1.29, 1.82) is 0 Å². The van der Waals surface area contributed by atoms with E-state index in [0.717, 1.165) is 11.8 Å². The maximum atomic E-state index is 12.8. The fourth-order valence-electron chi connectivity index (χ4n) is 2.87. The van der Waals surface area contributed by atoms with Crippen molar-refractivity contribution in [2.45, 2.75) is 11.8 Å². The lowest BCUT2D eigenvalue weighted by atomic mass is 10.2. The lowest BCUT2D eigenvalue weighted by Gasteiger charge is -2.31. The highest BCUT2D eigenvalue weighted by atomic mass is 32.2. The molecule has 1 fully saturated rings. The first-order valence-corrected chi connectivity index (χ1v) is 9.87. The predicted octanol–water partition coefficient (Wildman–Crippen LogP) is 1.32. The van der Waals surface area contributed by atoms with Crippen LogP contribution < -0.4 is 5.32 Å². The van der Waals surface area contributed by atoms with E-state index in [1.807, 2.05) is 18.9 Å². The van der Waals surface area contributed by atoms with Gasteiger partial charge in [-0.1, -0.05) is 0 Å². The van der Waals surface area contributed by atoms with Gasteiger partial charge in [0, 0.05) is 51.1 Å². The first-order chi connectivity index (χ1) is 12.7. The number of nitrogens with one attached hydrogen (secondary N) is 1. The number of nitro benzene ring substituents is 1. The van der Waals surface area contributed by atoms with Crippen LogP contribution in [-0.4, -0.2) is 65.6 Å². The zero-order valence-corrected chi connectivity index (χ0v) is 16.2. The fraction of sp³-hybridized carbons (Fsp3) is 0.438. The molecule has 0 aliphatic carbocycles. The Labute approximate surface area is 157 Å². The van der Waals surface area contributed by atoms with Gasteiger partial charge in [0.25, 0.3) is 5.69 Å². The number of likely N-dealkylation sites (N-methyl/N-ethyl adjacent to an activating group) is 1. The Balaban J connectivity index is 1.92. The summed E-state index contributed by atoms with van der Waals surface area (Å²) in [5.41, 5.74) is 0.762. The molecule has 0 amide bonds. The van der Waals surface area contributed by atoms with Crippen molar-refractivity contribution < 1.29 is 13.3 Å². The van der Waals surface area contributed by atoms with E-state index in [1.54, 1.807) is 17.8 Å². The van der Waals surface area contributed by atoms with Gasteiger partial charge in [-0.3, -0.25) is 14.8 Å². The molecule has 1 aromatic carbocycles. The predicted molar refractivity (Wildman–Crippen MR) is 101 cm³/mol. The number of sulfonamides is 1. The van der Waals surface area contributed by atoms with Crippen molar-refractivity contribution in [3.63, 3.8) is 0 Å². The van der Waals surface area contributed by atoms with Crippen LogP contribution in [0.1, 0.15) is 5.69 Å². The third-order valence-corrected chi connectivity index (χ3v) is 6.54. The van der Waals surface area contributed by atoms with Gasteiger partial charge in [-0.2, -0.15) is 9.40 Å². The SMILES string of the molecule is Cc1cc(Nc2ccc(S(=O)(=O)N3CCN(C)CC3)cc2[N+](=O)[O-])nn1C. The van der Waals surface area contributed by atoms with E-state index in [-0.39, 0.29) is 16.3 Å². The summed E-state index contributed by atoms with van der Waals surface area (Å²) in [6.07, 6.45) is 0. The van der Waals surface area contributed by atoms with Crippen LogP contribution in [-0.2, 0) is 17.1 Å². The van der Waals surface area contributed by atoms with Crippen molar-refractivity contribution in [2.75, 3.05) is 38.5 Å². The minimum Gasteiger partial charge on any atom is -0.333 e. The molecule has 0 unspecified atom stereocenters. The minimum atomic E-state index is -3.78. The van der Waals surface area contributed by atoms with Crippen molar-refractivity contribution in [2.24, 2.45) is 7.05 Å². The maximum absolute atomic E-state index is 12.8. The summed E-state index contributed by atoms with van der Waals surface area (Å²) in [4.78, 5) is 12.9. The molecule has 1 aliphatic rings. The molecule has 1 aromatic heterocycles. The molecular formula is C16H22N6O4S. The Morgan fingerprint density at radius 1 is 1.15 bits per heavy atom. The van der Waals surface area contributed by atoms with Gasteiger partial charge in [-0.05, 0) is 26.1 Å². The average molecular weight is 394 g/mol. The third kappa shape index (κ3) is 3.94. The monoisotopic (exact) mass is 394 g/mol. The Morgan fingerprint density at radius 3 is 2.37 bits per heavy atom. The van der Waals surface area contributed by atoms with E-state index in [9.17, 15) is 18.5 Å². The van der Waals surface area contributed by atoms with Gasteiger partial charge in [0.1, 0.15) is 5.69 Å². The topological polar surface area (TPSA) is 114 Å². The van der Waals surface area contributed by atoms with Crippen LogP contribution >= 0.6 is 0 Å². The van der Waals surface area contributed by atoms with Gasteiger partial charge >= 0.3 is 0 Å². The van der Waals surface area contributed by atoms with E-state index in [0.29, 0.717) is 32.0 Å². The molecule has 11 heteroatoms. The molecule has 1 saturated heterocycles. The van der Waals surface area contributed by atoms with E-state index >= 15 is 0 Å². The summed E-state index contributed by atoms with van der Waals surface area (Å²) in [5, 5.41) is 18.6. The van der Waals surface area contributed by atoms with Crippen LogP contribution in [0.4, 0.5) is 17.2 Å². The van der Waals surface area contributed by atoms with Crippen LogP contribution in [0.2, 0.25) is 0 Å². The summed E-state index contributed by atoms with van der Waals surface area (Å²) in [7, 11) is -0.0893. The lowest BCUT2D eigenvalue weighted by molar-refractivity contribution is -0.384. The van der Waals surface area contributed by atoms with Crippen LogP contribution in [0.5, 0.6) is 0 Å². The average Bonchev–Trinajstić information content (AvgIpc) is 2.92. The van der Waals surface area contributed by atoms with Crippen LogP contribution in [0, 0.1) is 17.0 Å². The summed E-state index contributed by atoms with van der Waals surface area (Å²) >= 11 is 0. The highest BCUT2D eigenvalue weighted by molar-refractivity contribution is 7.89. The Kier molecular flexibility index (Phi) is 5.18. The number of piperazine rings is 1. The molecule has 1 N–H and O–H groups in total. The van der Waals surface area contributed by atoms with Gasteiger partial charge in [0.05, 0.1) is 9.82 Å². The van der Waals surface area contributed by atoms with Crippen LogP contribution in [0.3, 0.4) is 0 Å². The number of nitrogens with zero attached hydrogens (tertiary/aromatic N) is 5. The summed E-state index contributed by atoms with van der Waals surface area (Å²) < 4.78 is 28.7. The molecule has 0 spiro atoms. The van der Waals surface area contributed by atoms with Gasteiger partial charge in [0.15, 0.2) is 5.82 Å². The molecule has 27 heavy (non-hydrogen) atoms. The highest BCUT2D eigenvalue weighted by Crippen LogP contribution is 2.31. The zero-order valence-electron chi connectivity index (χ0n) is 15.4. The van der Waals surface area contributed by atoms with E-state index in [4.69, 9.17) is 0 Å². The number of hydrogen-bond donors (Lipinski definition) is 1. The zero-order chi connectivity index (χ0) is 19.8. The Hall–Kier alpha value is -2.50. The number of aryl methyl sites for hydroxylation is 2. The van der Waals surface area contributed by atoms with Crippen molar-refractivity contribution in [1.82, 2.24) is 19.0 Å². The standard InChI is InChI=1S/C16H22N6O4S/c1-12-10-16(18-20(12)3)17-14-5-4-13(11-15(14)22(23)24)27(25,26)21-8-6-19(2)7-9-21/h4-5,10-11H,6-9H2,1-3H3,(H,17,18). The first kappa shape index (κ1) is 19.3. The number of rotatable bonds is 5. The molecular weight excluding hydrogens is 372 g/mol. The molecule has 2 heterocycles. The third-order valence-electron chi connectivity index (χ3n) is 4.64. The summed E-state index contributed by atoms with van der Waals surface area (Å²) in [6.45, 7) is 3.83. The van der Waals surface area contributed by atoms with E-state index in [1.165, 1.54) is 16.4 Å². The van der Waals surface area contributed by atoms with Gasteiger partial charge in [-0.15, -0.1) is 0 Å². The number of hydrogen-bond acceptors (Lipinski definition) is 7. The molecule has 1 aliphatic heterocycles. The lowest BCUT2D eigenvalue weighted by Crippen LogP contribution is -2.47. The van der Waals surface area contributed by atoms with Gasteiger partial charge < -0.3 is 10.2 Å². The second-order valence-electron chi connectivity index (χ2n) is 6.56. The minimum absolute atomic E-state index is 0.0819. The van der Waals surface area contributed by atoms with Crippen molar-refractivity contribution in [3.05, 3.63) is 40.1 Å². The number of benzene rings is 1.